The molecule has 140 valence electrons. The summed E-state index contributed by atoms with van der Waals surface area (Å²) in [6, 6.07) is 7.37. The summed E-state index contributed by atoms with van der Waals surface area (Å²) in [5.74, 6) is 1.10. The third-order valence-corrected chi connectivity index (χ3v) is 5.09. The maximum Gasteiger partial charge on any atom is 0.416 e. The van der Waals surface area contributed by atoms with Crippen molar-refractivity contribution in [3.8, 4) is 5.95 Å². The summed E-state index contributed by atoms with van der Waals surface area (Å²) >= 11 is 8.76. The van der Waals surface area contributed by atoms with Crippen molar-refractivity contribution in [1.29, 1.82) is 0 Å². The van der Waals surface area contributed by atoms with Crippen molar-refractivity contribution < 1.29 is 30.1 Å². The molecule has 1 unspecified atom stereocenters. The molecule has 3 nitrogen and oxygen atoms in total. The van der Waals surface area contributed by atoms with Crippen LogP contribution in [-0.4, -0.2) is 21.0 Å². The fourth-order valence-electron chi connectivity index (χ4n) is 2.68. The quantitative estimate of drug-likeness (QED) is 0.427. The van der Waals surface area contributed by atoms with Gasteiger partial charge in [0.15, 0.2) is 5.52 Å². The first kappa shape index (κ1) is 20.9. The number of nitrogens with one attached hydrogen (secondary N) is 1. The Kier molecular flexibility index (Phi) is 6.52. The van der Waals surface area contributed by atoms with Gasteiger partial charge in [-0.3, -0.25) is 0 Å². The molecule has 0 saturated heterocycles. The monoisotopic (exact) mass is 419 g/mol. The van der Waals surface area contributed by atoms with Crippen molar-refractivity contribution in [3.05, 3.63) is 53.3 Å². The Bertz CT molecular complexity index is 912. The van der Waals surface area contributed by atoms with Crippen LogP contribution < -0.4 is 17.0 Å². The molecular weight excluding hydrogens is 403 g/mol. The molecule has 1 N–H and O–H groups in total. The van der Waals surface area contributed by atoms with Gasteiger partial charge in [-0.2, -0.15) is 38.4 Å². The number of fused-ring (bicyclic) bond motifs is 1. The van der Waals surface area contributed by atoms with Crippen molar-refractivity contribution in [3.63, 3.8) is 0 Å². The van der Waals surface area contributed by atoms with Crippen LogP contribution in [0, 0.1) is 6.92 Å². The summed E-state index contributed by atoms with van der Waals surface area (Å²) in [6.07, 6.45) is -1.88. The van der Waals surface area contributed by atoms with Crippen LogP contribution in [0.3, 0.4) is 0 Å². The number of aryl methyl sites for hydroxylation is 1. The molecule has 0 fully saturated rings. The lowest BCUT2D eigenvalue weighted by Crippen LogP contribution is -3.00. The molecule has 0 aliphatic carbocycles. The van der Waals surface area contributed by atoms with Gasteiger partial charge in [-0.25, -0.2) is 9.55 Å². The van der Waals surface area contributed by atoms with E-state index in [-0.39, 0.29) is 23.2 Å². The average molecular weight is 420 g/mol. The van der Waals surface area contributed by atoms with E-state index < -0.39 is 11.7 Å². The number of rotatable bonds is 4. The Labute approximate surface area is 166 Å². The molecule has 2 heterocycles. The summed E-state index contributed by atoms with van der Waals surface area (Å²) in [7, 11) is 0. The van der Waals surface area contributed by atoms with E-state index in [9.17, 15) is 13.2 Å². The minimum atomic E-state index is -4.39. The number of hydrogen-bond donors (Lipinski definition) is 3. The zero-order valence-corrected chi connectivity index (χ0v) is 16.3. The molecule has 0 spiro atoms. The molecule has 0 bridgehead atoms. The second-order valence-corrected chi connectivity index (χ2v) is 6.93. The smallest absolute Gasteiger partial charge is 0.416 e. The number of aromatic amines is 1. The minimum Gasteiger partial charge on any atom is -1.00 e. The third kappa shape index (κ3) is 4.29. The number of benzene rings is 1. The second kappa shape index (κ2) is 8.10. The van der Waals surface area contributed by atoms with E-state index in [1.54, 1.807) is 0 Å². The van der Waals surface area contributed by atoms with E-state index in [1.165, 1.54) is 6.07 Å². The zero-order chi connectivity index (χ0) is 18.2. The molecule has 0 saturated carbocycles. The molecule has 3 rings (SSSR count). The van der Waals surface area contributed by atoms with E-state index in [1.807, 2.05) is 29.8 Å². The van der Waals surface area contributed by atoms with Crippen molar-refractivity contribution in [2.45, 2.75) is 24.8 Å². The fraction of sp³-hybridized carbons (Fsp3) is 0.294. The predicted octanol–water partition coefficient (Wildman–Crippen LogP) is 0.942. The molecule has 26 heavy (non-hydrogen) atoms. The molecule has 1 aromatic carbocycles. The van der Waals surface area contributed by atoms with Crippen LogP contribution in [0.25, 0.3) is 17.0 Å². The number of hydrogen-bond acceptors (Lipinski definition) is 3. The van der Waals surface area contributed by atoms with E-state index in [2.05, 4.69) is 35.2 Å². The van der Waals surface area contributed by atoms with Crippen LogP contribution >= 0.6 is 25.3 Å². The Morgan fingerprint density at radius 2 is 2.00 bits per heavy atom. The standard InChI is InChI=1S/C17H16F3N3S2.ClH/c1-10-3-2-6-23(15(10)8-12(25)9-24)16-21-13-5-4-11(17(18,19)20)7-14(13)22-16;/h2-7,12H,8-9H2,1H3,(H2-,21,22,24,25);1H. The lowest BCUT2D eigenvalue weighted by Gasteiger charge is -2.11. The van der Waals surface area contributed by atoms with Crippen LogP contribution in [0.2, 0.25) is 0 Å². The Morgan fingerprint density at radius 3 is 2.65 bits per heavy atom. The number of nitrogens with zero attached hydrogens (tertiary/aromatic N) is 2. The van der Waals surface area contributed by atoms with Crippen molar-refractivity contribution >= 4 is 36.3 Å². The van der Waals surface area contributed by atoms with Crippen molar-refractivity contribution in [2.24, 2.45) is 0 Å². The first-order valence-corrected chi connectivity index (χ1v) is 8.81. The van der Waals surface area contributed by atoms with Crippen molar-refractivity contribution in [1.82, 2.24) is 9.97 Å². The first-order valence-electron chi connectivity index (χ1n) is 7.66. The summed E-state index contributed by atoms with van der Waals surface area (Å²) < 4.78 is 40.5. The average Bonchev–Trinajstić information content (AvgIpc) is 2.98. The second-order valence-electron chi connectivity index (χ2n) is 5.84. The van der Waals surface area contributed by atoms with Gasteiger partial charge in [0.1, 0.15) is 5.52 Å². The number of pyridine rings is 1. The highest BCUT2D eigenvalue weighted by atomic mass is 35.5. The molecule has 9 heteroatoms. The van der Waals surface area contributed by atoms with Crippen LogP contribution in [0.5, 0.6) is 0 Å². The van der Waals surface area contributed by atoms with Gasteiger partial charge < -0.3 is 12.4 Å². The van der Waals surface area contributed by atoms with Gasteiger partial charge in [-0.1, -0.05) is 11.1 Å². The van der Waals surface area contributed by atoms with Crippen LogP contribution in [0.15, 0.2) is 36.5 Å². The van der Waals surface area contributed by atoms with E-state index in [0.29, 0.717) is 23.6 Å². The summed E-state index contributed by atoms with van der Waals surface area (Å²) in [4.78, 5) is 7.45. The van der Waals surface area contributed by atoms with Crippen LogP contribution in [0.4, 0.5) is 13.2 Å². The number of alkyl halides is 3. The SMILES string of the molecule is Cc1ccc[n+](-c2nc3cc(C(F)(F)F)ccc3[nH]2)c1CC(S)CS.[Cl-]. The minimum absolute atomic E-state index is 0. The molecular formula is C17H17ClF3N3S2. The van der Waals surface area contributed by atoms with Crippen LogP contribution in [-0.2, 0) is 12.6 Å². The topological polar surface area (TPSA) is 32.6 Å². The lowest BCUT2D eigenvalue weighted by atomic mass is 10.1. The number of thiol groups is 2. The van der Waals surface area contributed by atoms with E-state index in [4.69, 9.17) is 0 Å². The highest BCUT2D eigenvalue weighted by molar-refractivity contribution is 7.84. The molecule has 2 aromatic heterocycles. The molecule has 0 radical (unpaired) electrons. The predicted molar refractivity (Wildman–Crippen MR) is 97.7 cm³/mol. The summed E-state index contributed by atoms with van der Waals surface area (Å²) in [5, 5.41) is 0.0666. The lowest BCUT2D eigenvalue weighted by molar-refractivity contribution is -0.612. The highest BCUT2D eigenvalue weighted by Crippen LogP contribution is 2.30. The largest absolute Gasteiger partial charge is 1.00 e. The van der Waals surface area contributed by atoms with Gasteiger partial charge in [0, 0.05) is 17.4 Å². The normalized spacial score (nSPS) is 12.8. The molecule has 0 aliphatic heterocycles. The Morgan fingerprint density at radius 1 is 1.27 bits per heavy atom. The van der Waals surface area contributed by atoms with Crippen molar-refractivity contribution in [2.75, 3.05) is 5.75 Å². The highest BCUT2D eigenvalue weighted by Gasteiger charge is 2.31. The number of imidazole rings is 1. The van der Waals surface area contributed by atoms with E-state index >= 15 is 0 Å². The van der Waals surface area contributed by atoms with Gasteiger partial charge in [-0.05, 0) is 36.8 Å². The fourth-order valence-corrected chi connectivity index (χ4v) is 2.98. The van der Waals surface area contributed by atoms with Crippen LogP contribution in [0.1, 0.15) is 16.8 Å². The Balaban J connectivity index is 0.00000243. The summed E-state index contributed by atoms with van der Waals surface area (Å²) in [6.45, 7) is 1.98. The van der Waals surface area contributed by atoms with Gasteiger partial charge >= 0.3 is 12.1 Å². The number of H-pyrrole nitrogens is 1. The molecule has 1 atom stereocenters. The van der Waals surface area contributed by atoms with Gasteiger partial charge in [0.25, 0.3) is 0 Å². The third-order valence-electron chi connectivity index (χ3n) is 3.99. The molecule has 0 amide bonds. The number of aromatic nitrogens is 3. The maximum atomic E-state index is 12.9. The Hall–Kier alpha value is -1.38. The summed E-state index contributed by atoms with van der Waals surface area (Å²) in [5.41, 5.74) is 2.17. The molecule has 0 aliphatic rings. The number of halogens is 4. The zero-order valence-electron chi connectivity index (χ0n) is 13.8. The first-order chi connectivity index (χ1) is 11.8. The van der Waals surface area contributed by atoms with Gasteiger partial charge in [0.05, 0.1) is 17.5 Å². The van der Waals surface area contributed by atoms with Gasteiger partial charge in [-0.15, -0.1) is 0 Å². The maximum absolute atomic E-state index is 12.9. The molecule has 3 aromatic rings. The van der Waals surface area contributed by atoms with E-state index in [0.717, 1.165) is 23.4 Å². The van der Waals surface area contributed by atoms with Gasteiger partial charge in [0.2, 0.25) is 0 Å².